The number of rotatable bonds is 4. The molecule has 1 aromatic rings. The molecular weight excluding hydrogens is 326 g/mol. The molecule has 1 nitrogen and oxygen atoms in total. The SMILES string of the molecule is C1=CC(CCc2ccc3c(c2)C2CCCCC2N3C2C=CCCC2)CCC1. The van der Waals surface area contributed by atoms with Gasteiger partial charge in [0.25, 0.3) is 0 Å². The van der Waals surface area contributed by atoms with Gasteiger partial charge in [0.2, 0.25) is 0 Å². The summed E-state index contributed by atoms with van der Waals surface area (Å²) >= 11 is 0. The Morgan fingerprint density at radius 2 is 1.70 bits per heavy atom. The molecule has 144 valence electrons. The van der Waals surface area contributed by atoms with Crippen LogP contribution in [0.3, 0.4) is 0 Å². The standard InChI is InChI=1S/C26H35N/c1-3-9-20(10-4-1)15-16-21-17-18-26-24(19-21)23-13-7-8-14-25(23)27(26)22-11-5-2-6-12-22/h3,5,9,11,17-20,22-23,25H,1-2,4,6-8,10,12-16H2. The molecule has 3 aliphatic carbocycles. The van der Waals surface area contributed by atoms with Crippen LogP contribution >= 0.6 is 0 Å². The molecule has 0 aromatic heterocycles. The Hall–Kier alpha value is -1.50. The molecule has 0 spiro atoms. The number of nitrogens with zero attached hydrogens (tertiary/aromatic N) is 1. The fourth-order valence-electron chi connectivity index (χ4n) is 6.20. The van der Waals surface area contributed by atoms with Crippen molar-refractivity contribution in [3.05, 3.63) is 53.6 Å². The summed E-state index contributed by atoms with van der Waals surface area (Å²) in [5.74, 6) is 1.61. The van der Waals surface area contributed by atoms with E-state index in [-0.39, 0.29) is 0 Å². The first-order valence-corrected chi connectivity index (χ1v) is 11.6. The van der Waals surface area contributed by atoms with Crippen molar-refractivity contribution < 1.29 is 0 Å². The largest absolute Gasteiger partial charge is 0.361 e. The Morgan fingerprint density at radius 1 is 0.852 bits per heavy atom. The van der Waals surface area contributed by atoms with Gasteiger partial charge in [-0.3, -0.25) is 0 Å². The molecule has 0 bridgehead atoms. The summed E-state index contributed by atoms with van der Waals surface area (Å²) in [7, 11) is 0. The normalized spacial score (nSPS) is 32.4. The van der Waals surface area contributed by atoms with Crippen LogP contribution in [0.15, 0.2) is 42.5 Å². The Kier molecular flexibility index (Phi) is 5.12. The number of benzene rings is 1. The van der Waals surface area contributed by atoms with Crippen molar-refractivity contribution in [1.29, 1.82) is 0 Å². The van der Waals surface area contributed by atoms with Gasteiger partial charge < -0.3 is 4.90 Å². The minimum absolute atomic E-state index is 0.642. The van der Waals surface area contributed by atoms with Gasteiger partial charge in [0, 0.05) is 23.7 Å². The van der Waals surface area contributed by atoms with E-state index in [1.807, 2.05) is 0 Å². The lowest BCUT2D eigenvalue weighted by atomic mass is 9.81. The molecule has 4 unspecified atom stereocenters. The second-order valence-electron chi connectivity index (χ2n) is 9.34. The van der Waals surface area contributed by atoms with Crippen LogP contribution in [0.4, 0.5) is 5.69 Å². The van der Waals surface area contributed by atoms with Gasteiger partial charge >= 0.3 is 0 Å². The van der Waals surface area contributed by atoms with E-state index in [1.165, 1.54) is 77.0 Å². The molecule has 0 N–H and O–H groups in total. The van der Waals surface area contributed by atoms with Gasteiger partial charge in [0.1, 0.15) is 0 Å². The molecule has 1 aliphatic heterocycles. The second-order valence-corrected chi connectivity index (χ2v) is 9.34. The monoisotopic (exact) mass is 361 g/mol. The smallest absolute Gasteiger partial charge is 0.0476 e. The quantitative estimate of drug-likeness (QED) is 0.525. The minimum atomic E-state index is 0.642. The first kappa shape index (κ1) is 17.6. The molecule has 4 aliphatic rings. The van der Waals surface area contributed by atoms with Crippen LogP contribution in [-0.2, 0) is 6.42 Å². The molecule has 0 saturated heterocycles. The molecule has 0 amide bonds. The van der Waals surface area contributed by atoms with Crippen LogP contribution in [-0.4, -0.2) is 12.1 Å². The summed E-state index contributed by atoms with van der Waals surface area (Å²) in [4.78, 5) is 2.84. The minimum Gasteiger partial charge on any atom is -0.361 e. The van der Waals surface area contributed by atoms with Crippen LogP contribution in [0.1, 0.15) is 87.7 Å². The van der Waals surface area contributed by atoms with Gasteiger partial charge in [0.05, 0.1) is 0 Å². The van der Waals surface area contributed by atoms with Gasteiger partial charge in [-0.1, -0.05) is 49.3 Å². The van der Waals surface area contributed by atoms with E-state index >= 15 is 0 Å². The van der Waals surface area contributed by atoms with Crippen LogP contribution in [0.2, 0.25) is 0 Å². The number of hydrogen-bond acceptors (Lipinski definition) is 1. The number of hydrogen-bond donors (Lipinski definition) is 0. The number of allylic oxidation sites excluding steroid dienone is 3. The van der Waals surface area contributed by atoms with Crippen LogP contribution in [0.5, 0.6) is 0 Å². The fraction of sp³-hybridized carbons (Fsp3) is 0.615. The maximum absolute atomic E-state index is 2.84. The lowest BCUT2D eigenvalue weighted by Crippen LogP contribution is -2.43. The van der Waals surface area contributed by atoms with Gasteiger partial charge in [-0.05, 0) is 87.3 Å². The second kappa shape index (κ2) is 7.86. The predicted molar refractivity (Wildman–Crippen MR) is 115 cm³/mol. The molecule has 5 rings (SSSR count). The van der Waals surface area contributed by atoms with Crippen molar-refractivity contribution in [1.82, 2.24) is 0 Å². The third-order valence-corrected chi connectivity index (χ3v) is 7.60. The summed E-state index contributed by atoms with van der Waals surface area (Å²) < 4.78 is 0. The Balaban J connectivity index is 1.39. The summed E-state index contributed by atoms with van der Waals surface area (Å²) in [6.45, 7) is 0. The Morgan fingerprint density at radius 3 is 2.52 bits per heavy atom. The van der Waals surface area contributed by atoms with Crippen LogP contribution in [0, 0.1) is 5.92 Å². The topological polar surface area (TPSA) is 3.24 Å². The molecule has 0 radical (unpaired) electrons. The van der Waals surface area contributed by atoms with Crippen molar-refractivity contribution in [2.24, 2.45) is 5.92 Å². The Labute approximate surface area is 165 Å². The van der Waals surface area contributed by atoms with E-state index in [9.17, 15) is 0 Å². The zero-order valence-corrected chi connectivity index (χ0v) is 16.8. The molecule has 1 aromatic carbocycles. The van der Waals surface area contributed by atoms with Crippen LogP contribution < -0.4 is 4.90 Å². The highest BCUT2D eigenvalue weighted by Crippen LogP contribution is 2.50. The molecule has 4 atom stereocenters. The third-order valence-electron chi connectivity index (χ3n) is 7.60. The van der Waals surface area contributed by atoms with Gasteiger partial charge in [0.15, 0.2) is 0 Å². The lowest BCUT2D eigenvalue weighted by molar-refractivity contribution is 0.370. The first-order chi connectivity index (χ1) is 13.4. The van der Waals surface area contributed by atoms with Crippen LogP contribution in [0.25, 0.3) is 0 Å². The maximum atomic E-state index is 2.84. The van der Waals surface area contributed by atoms with E-state index in [1.54, 1.807) is 16.8 Å². The highest BCUT2D eigenvalue weighted by Gasteiger charge is 2.42. The van der Waals surface area contributed by atoms with E-state index in [0.29, 0.717) is 6.04 Å². The highest BCUT2D eigenvalue weighted by molar-refractivity contribution is 5.64. The average molecular weight is 362 g/mol. The zero-order valence-electron chi connectivity index (χ0n) is 16.8. The summed E-state index contributed by atoms with van der Waals surface area (Å²) in [5.41, 5.74) is 4.85. The van der Waals surface area contributed by atoms with Gasteiger partial charge in [-0.25, -0.2) is 0 Å². The number of fused-ring (bicyclic) bond motifs is 3. The van der Waals surface area contributed by atoms with Crippen molar-refractivity contribution in [2.75, 3.05) is 4.90 Å². The van der Waals surface area contributed by atoms with Crippen molar-refractivity contribution >= 4 is 5.69 Å². The molecule has 1 heterocycles. The molecule has 27 heavy (non-hydrogen) atoms. The first-order valence-electron chi connectivity index (χ1n) is 11.6. The number of aryl methyl sites for hydroxylation is 1. The summed E-state index contributed by atoms with van der Waals surface area (Å²) in [6, 6.07) is 8.95. The molecule has 1 saturated carbocycles. The lowest BCUT2D eigenvalue weighted by Gasteiger charge is -2.39. The third kappa shape index (κ3) is 3.50. The summed E-state index contributed by atoms with van der Waals surface area (Å²) in [6.07, 6.45) is 26.1. The number of anilines is 1. The van der Waals surface area contributed by atoms with Gasteiger partial charge in [-0.15, -0.1) is 0 Å². The predicted octanol–water partition coefficient (Wildman–Crippen LogP) is 6.93. The van der Waals surface area contributed by atoms with E-state index in [0.717, 1.165) is 17.9 Å². The van der Waals surface area contributed by atoms with E-state index in [4.69, 9.17) is 0 Å². The zero-order chi connectivity index (χ0) is 18.1. The molecular formula is C26H35N. The average Bonchev–Trinajstić information content (AvgIpc) is 3.07. The summed E-state index contributed by atoms with van der Waals surface area (Å²) in [5, 5.41) is 0. The fourth-order valence-corrected chi connectivity index (χ4v) is 6.20. The maximum Gasteiger partial charge on any atom is 0.0476 e. The molecule has 1 heteroatoms. The van der Waals surface area contributed by atoms with E-state index in [2.05, 4.69) is 47.4 Å². The van der Waals surface area contributed by atoms with E-state index < -0.39 is 0 Å². The van der Waals surface area contributed by atoms with Crippen molar-refractivity contribution in [2.45, 2.75) is 95.1 Å². The highest BCUT2D eigenvalue weighted by atomic mass is 15.2. The van der Waals surface area contributed by atoms with Crippen molar-refractivity contribution in [3.63, 3.8) is 0 Å². The Bertz CT molecular complexity index is 715. The van der Waals surface area contributed by atoms with Gasteiger partial charge in [-0.2, -0.15) is 0 Å². The van der Waals surface area contributed by atoms with Crippen molar-refractivity contribution in [3.8, 4) is 0 Å². The molecule has 1 fully saturated rings.